The van der Waals surface area contributed by atoms with Crippen molar-refractivity contribution in [3.63, 3.8) is 0 Å². The van der Waals surface area contributed by atoms with Crippen molar-refractivity contribution in [2.24, 2.45) is 7.05 Å². The molecule has 2 aliphatic rings. The molecule has 11 nitrogen and oxygen atoms in total. The van der Waals surface area contributed by atoms with Crippen LogP contribution in [0, 0.1) is 0 Å². The van der Waals surface area contributed by atoms with Crippen molar-refractivity contribution in [3.8, 4) is 51.3 Å². The molecule has 0 aliphatic carbocycles. The van der Waals surface area contributed by atoms with Gasteiger partial charge >= 0.3 is 25.4 Å². The van der Waals surface area contributed by atoms with Crippen LogP contribution in [0.2, 0.25) is 35.2 Å². The third kappa shape index (κ3) is 5.53. The van der Waals surface area contributed by atoms with Gasteiger partial charge in [-0.2, -0.15) is 0 Å². The van der Waals surface area contributed by atoms with Gasteiger partial charge in [-0.25, -0.2) is 9.78 Å². The normalized spacial score (nSPS) is 11.8. The SMILES string of the molecule is C[n+]1c2nc3[n-]c(nc4nc(nc5[n-]c(nc1-c1c(Cl)c(Cl)c(Cl)c(Cl)c1-2)c1c(Cl)c(OCC(=O)O)c(Cl)c(Cl)c51)-c1ccccc1-4)c1ccccc31.[Zn+2]. The maximum atomic E-state index is 11.5. The number of rotatable bonds is 3. The number of fused-ring (bicyclic) bond motifs is 20. The van der Waals surface area contributed by atoms with Crippen molar-refractivity contribution in [1.29, 1.82) is 0 Å². The number of benzene rings is 4. The van der Waals surface area contributed by atoms with Crippen LogP contribution in [0.15, 0.2) is 48.5 Å². The molecular weight excluding hydrogens is 894 g/mol. The first kappa shape index (κ1) is 37.1. The number of carbonyl (C=O) groups is 1. The smallest absolute Gasteiger partial charge is 0.479 e. The zero-order valence-corrected chi connectivity index (χ0v) is 35.3. The summed E-state index contributed by atoms with van der Waals surface area (Å²) in [6.45, 7) is -0.762. The van der Waals surface area contributed by atoms with E-state index >= 15 is 0 Å². The summed E-state index contributed by atoms with van der Waals surface area (Å²) < 4.78 is 7.13. The first-order valence-electron chi connectivity index (χ1n) is 15.3. The van der Waals surface area contributed by atoms with E-state index in [1.165, 1.54) is 0 Å². The van der Waals surface area contributed by atoms with E-state index in [0.717, 1.165) is 5.39 Å². The Hall–Kier alpha value is -3.84. The van der Waals surface area contributed by atoms with Crippen LogP contribution in [0.25, 0.3) is 89.7 Å². The Morgan fingerprint density at radius 3 is 1.67 bits per heavy atom. The van der Waals surface area contributed by atoms with Gasteiger partial charge in [0.05, 0.1) is 48.8 Å². The fourth-order valence-corrected chi connectivity index (χ4v) is 8.28. The van der Waals surface area contributed by atoms with Crippen molar-refractivity contribution >= 4 is 131 Å². The molecular formula is C35H14Cl7N8O3Zn+. The van der Waals surface area contributed by atoms with E-state index < -0.39 is 12.6 Å². The molecule has 9 rings (SSSR count). The summed E-state index contributed by atoms with van der Waals surface area (Å²) in [5.74, 6) is -0.386. The van der Waals surface area contributed by atoms with Crippen molar-refractivity contribution < 1.29 is 38.7 Å². The number of carboxylic acids is 1. The van der Waals surface area contributed by atoms with Gasteiger partial charge in [-0.3, -0.25) is 4.57 Å². The van der Waals surface area contributed by atoms with Crippen LogP contribution in [0.5, 0.6) is 5.75 Å². The Kier molecular flexibility index (Phi) is 9.43. The van der Waals surface area contributed by atoms with Crippen LogP contribution in [0.4, 0.5) is 0 Å². The number of nitrogens with zero attached hydrogens (tertiary/aromatic N) is 8. The average molecular weight is 908 g/mol. The Balaban J connectivity index is 0.00000413. The molecule has 0 unspecified atom stereocenters. The number of hydrogen-bond donors (Lipinski definition) is 1. The van der Waals surface area contributed by atoms with Gasteiger partial charge in [-0.1, -0.05) is 130 Å². The molecule has 54 heavy (non-hydrogen) atoms. The molecule has 4 aromatic carbocycles. The summed E-state index contributed by atoms with van der Waals surface area (Å²) in [7, 11) is 1.69. The summed E-state index contributed by atoms with van der Waals surface area (Å²) in [5.41, 5.74) is 2.69. The summed E-state index contributed by atoms with van der Waals surface area (Å²) in [6, 6.07) is 14.9. The second-order valence-electron chi connectivity index (χ2n) is 11.7. The molecule has 8 bridgehead atoms. The Bertz CT molecular complexity index is 3010. The average Bonchev–Trinajstić information content (AvgIpc) is 3.86. The fourth-order valence-electron chi connectivity index (χ4n) is 6.37. The quantitative estimate of drug-likeness (QED) is 0.0788. The number of aromatic nitrogens is 8. The first-order valence-corrected chi connectivity index (χ1v) is 17.9. The van der Waals surface area contributed by atoms with Gasteiger partial charge in [-0.15, -0.1) is 0 Å². The number of carboxylic acid groups (broad SMARTS) is 1. The molecule has 0 radical (unpaired) electrons. The van der Waals surface area contributed by atoms with Crippen LogP contribution in [-0.4, -0.2) is 42.6 Å². The summed E-state index contributed by atoms with van der Waals surface area (Å²) >= 11 is 47.6. The summed E-state index contributed by atoms with van der Waals surface area (Å²) in [6.07, 6.45) is 0. The van der Waals surface area contributed by atoms with Crippen molar-refractivity contribution in [2.75, 3.05) is 6.61 Å². The van der Waals surface area contributed by atoms with Gasteiger partial charge in [0, 0.05) is 55.6 Å². The Morgan fingerprint density at radius 2 is 1.09 bits per heavy atom. The molecule has 0 saturated carbocycles. The second kappa shape index (κ2) is 13.7. The van der Waals surface area contributed by atoms with Gasteiger partial charge in [0.25, 0.3) is 0 Å². The van der Waals surface area contributed by atoms with E-state index in [2.05, 4.69) is 0 Å². The Morgan fingerprint density at radius 1 is 0.630 bits per heavy atom. The molecule has 5 heterocycles. The molecule has 0 saturated heterocycles. The van der Waals surface area contributed by atoms with Crippen molar-refractivity contribution in [3.05, 3.63) is 83.7 Å². The van der Waals surface area contributed by atoms with Crippen LogP contribution < -0.4 is 19.3 Å². The number of aliphatic carboxylic acids is 1. The molecule has 2 aliphatic heterocycles. The van der Waals surface area contributed by atoms with E-state index in [1.807, 2.05) is 48.5 Å². The number of halogens is 7. The molecule has 0 amide bonds. The predicted octanol–water partition coefficient (Wildman–Crippen LogP) is 9.59. The van der Waals surface area contributed by atoms with Gasteiger partial charge in [0.2, 0.25) is 0 Å². The van der Waals surface area contributed by atoms with Gasteiger partial charge in [-0.05, 0) is 10.8 Å². The first-order chi connectivity index (χ1) is 25.4. The van der Waals surface area contributed by atoms with Gasteiger partial charge in [0.15, 0.2) is 12.4 Å². The zero-order chi connectivity index (χ0) is 37.0. The van der Waals surface area contributed by atoms with Crippen LogP contribution in [0.1, 0.15) is 0 Å². The minimum Gasteiger partial charge on any atom is -0.479 e. The van der Waals surface area contributed by atoms with Crippen LogP contribution in [0.3, 0.4) is 0 Å². The number of ether oxygens (including phenoxy) is 1. The topological polar surface area (TPSA) is 143 Å². The van der Waals surface area contributed by atoms with E-state index in [4.69, 9.17) is 121 Å². The van der Waals surface area contributed by atoms with E-state index in [1.54, 1.807) is 11.6 Å². The predicted molar refractivity (Wildman–Crippen MR) is 206 cm³/mol. The number of hydrogen-bond acceptors (Lipinski definition) is 7. The molecule has 262 valence electrons. The van der Waals surface area contributed by atoms with E-state index in [9.17, 15) is 9.90 Å². The third-order valence-corrected chi connectivity index (χ3v) is 11.7. The zero-order valence-electron chi connectivity index (χ0n) is 27.0. The maximum absolute atomic E-state index is 11.5. The van der Waals surface area contributed by atoms with Gasteiger partial charge < -0.3 is 39.7 Å². The minimum atomic E-state index is -1.27. The maximum Gasteiger partial charge on any atom is 2.00 e. The fraction of sp³-hybridized carbons (Fsp3) is 0.0571. The summed E-state index contributed by atoms with van der Waals surface area (Å²) in [4.78, 5) is 45.7. The molecule has 0 fully saturated rings. The van der Waals surface area contributed by atoms with E-state index in [-0.39, 0.29) is 99.9 Å². The minimum absolute atomic E-state index is 0. The Labute approximate surface area is 350 Å². The van der Waals surface area contributed by atoms with Crippen LogP contribution >= 0.6 is 81.2 Å². The van der Waals surface area contributed by atoms with E-state index in [0.29, 0.717) is 44.8 Å². The molecule has 7 aromatic rings. The summed E-state index contributed by atoms with van der Waals surface area (Å²) in [5, 5.41) is 10.9. The van der Waals surface area contributed by atoms with Crippen molar-refractivity contribution in [2.45, 2.75) is 0 Å². The molecule has 19 heteroatoms. The molecule has 0 spiro atoms. The molecule has 1 N–H and O–H groups in total. The third-order valence-electron chi connectivity index (χ3n) is 8.72. The molecule has 3 aromatic heterocycles. The van der Waals surface area contributed by atoms with Crippen molar-refractivity contribution in [1.82, 2.24) is 34.9 Å². The second-order valence-corrected chi connectivity index (χ2v) is 14.4. The molecule has 0 atom stereocenters. The van der Waals surface area contributed by atoms with Crippen LogP contribution in [-0.2, 0) is 31.3 Å². The standard InChI is InChI=1S/C35H15Cl7N8O3.Zn/c1-50-34-18-19(22(38)25(41)24(40)21(18)37)35(50)49-33-17-16(20(36)26(42)27(23(17)39)53-10-15(51)52)32(47-33)46-30-12-7-3-2-6-11(12)28(44-30)43-29-13-8-4-5-9-14(13)31(45-29)48-34;/h2-9H,10H2,1H3,(H2,43,44,45,46,47,48,49,51,52);/q;+2/p-1. The largest absolute Gasteiger partial charge is 2.00 e. The monoisotopic (exact) mass is 903 g/mol. The van der Waals surface area contributed by atoms with Gasteiger partial charge in [0.1, 0.15) is 16.7 Å².